The number of fused-ring (bicyclic) bond motifs is 4. The van der Waals surface area contributed by atoms with E-state index in [0.29, 0.717) is 53.3 Å². The summed E-state index contributed by atoms with van der Waals surface area (Å²) >= 11 is 0. The maximum atomic E-state index is 13.2. The number of methoxy groups -OCH3 is 1. The first kappa shape index (κ1) is 40.3. The number of rotatable bonds is 17. The van der Waals surface area contributed by atoms with Gasteiger partial charge in [0.2, 0.25) is 5.56 Å². The van der Waals surface area contributed by atoms with E-state index in [1.165, 1.54) is 19.2 Å². The second kappa shape index (κ2) is 19.0. The fraction of sp³-hybridized carbons (Fsp3) is 0.356. The molecule has 3 unspecified atom stereocenters. The number of benzene rings is 4. The van der Waals surface area contributed by atoms with Gasteiger partial charge in [-0.3, -0.25) is 9.69 Å². The molecular weight excluding hydrogens is 741 g/mol. The molecule has 3 saturated heterocycles. The van der Waals surface area contributed by atoms with E-state index in [9.17, 15) is 24.6 Å². The Morgan fingerprint density at radius 1 is 0.931 bits per heavy atom. The summed E-state index contributed by atoms with van der Waals surface area (Å²) in [6.07, 6.45) is 2.03. The molecule has 1 amide bonds. The largest absolute Gasteiger partial charge is 0.506 e. The molecule has 4 heterocycles. The number of carbonyl (C=O) groups is 2. The quantitative estimate of drug-likeness (QED) is 0.0554. The number of hydrogen-bond acceptors (Lipinski definition) is 11. The van der Waals surface area contributed by atoms with Crippen LogP contribution in [0.5, 0.6) is 17.2 Å². The SMILES string of the molecule is COc1cc(COc2cccc(C(NC(=O)OC3CN4CCC3CC4)c3ccccc3)c2)ccc1C(=O)OCCCCNCC(O)c1ccc(O)c2[nH]c(=O)ccc12. The molecule has 3 aliphatic rings. The van der Waals surface area contributed by atoms with Gasteiger partial charge in [0.15, 0.2) is 0 Å². The second-order valence-electron chi connectivity index (χ2n) is 14.8. The number of pyridine rings is 1. The molecule has 1 aromatic heterocycles. The monoisotopic (exact) mass is 790 g/mol. The van der Waals surface area contributed by atoms with E-state index in [2.05, 4.69) is 20.5 Å². The number of phenolic OH excluding ortho intramolecular Hbond substituents is 1. The fourth-order valence-corrected chi connectivity index (χ4v) is 7.78. The molecule has 3 atom stereocenters. The second-order valence-corrected chi connectivity index (χ2v) is 14.8. The molecule has 0 radical (unpaired) electrons. The van der Waals surface area contributed by atoms with Crippen LogP contribution >= 0.6 is 0 Å². The lowest BCUT2D eigenvalue weighted by atomic mass is 9.86. The maximum absolute atomic E-state index is 13.2. The third kappa shape index (κ3) is 9.97. The molecule has 13 nitrogen and oxygen atoms in total. The van der Waals surface area contributed by atoms with Crippen molar-refractivity contribution in [2.24, 2.45) is 5.92 Å². The van der Waals surface area contributed by atoms with Crippen LogP contribution in [0.4, 0.5) is 4.79 Å². The number of nitrogens with zero attached hydrogens (tertiary/aromatic N) is 1. The van der Waals surface area contributed by atoms with Crippen molar-refractivity contribution in [3.63, 3.8) is 0 Å². The van der Waals surface area contributed by atoms with Crippen LogP contribution in [-0.4, -0.2) is 84.7 Å². The Hall–Kier alpha value is -5.89. The number of aliphatic hydroxyl groups excluding tert-OH is 1. The van der Waals surface area contributed by atoms with Crippen molar-refractivity contribution in [1.82, 2.24) is 20.5 Å². The van der Waals surface area contributed by atoms with Gasteiger partial charge in [-0.05, 0) is 110 Å². The van der Waals surface area contributed by atoms with Crippen LogP contribution < -0.4 is 25.7 Å². The van der Waals surface area contributed by atoms with Crippen molar-refractivity contribution in [3.8, 4) is 17.2 Å². The van der Waals surface area contributed by atoms with E-state index >= 15 is 0 Å². The topological polar surface area (TPSA) is 172 Å². The number of aromatic amines is 1. The molecular formula is C45H50N4O9. The standard InChI is InChI=1S/C45H50N4O9/c1-55-39-24-29(12-13-36(39)44(53)56-23-6-5-20-46-26-38(51)34-14-16-37(50)43-35(34)15-17-41(52)47-43)28-57-33-11-7-10-32(25-33)42(31-8-3-2-4-9-31)48-45(54)58-40-27-49-21-18-30(40)19-22-49/h2-4,7-17,24-25,30,38,40,42,46,50-51H,5-6,18-23,26-28H2,1H3,(H,47,52)(H,48,54). The fourth-order valence-electron chi connectivity index (χ4n) is 7.78. The lowest BCUT2D eigenvalue weighted by Gasteiger charge is -2.43. The minimum atomic E-state index is -0.857. The van der Waals surface area contributed by atoms with Gasteiger partial charge in [-0.25, -0.2) is 9.59 Å². The molecule has 4 aromatic carbocycles. The number of amides is 1. The van der Waals surface area contributed by atoms with Gasteiger partial charge < -0.3 is 44.8 Å². The number of hydrogen-bond donors (Lipinski definition) is 5. The van der Waals surface area contributed by atoms with Crippen LogP contribution in [0, 0.1) is 5.92 Å². The van der Waals surface area contributed by atoms with E-state index in [1.54, 1.807) is 30.3 Å². The van der Waals surface area contributed by atoms with Crippen molar-refractivity contribution in [2.75, 3.05) is 46.4 Å². The first-order chi connectivity index (χ1) is 28.2. The molecule has 2 bridgehead atoms. The van der Waals surface area contributed by atoms with Crippen molar-refractivity contribution in [3.05, 3.63) is 135 Å². The van der Waals surface area contributed by atoms with E-state index < -0.39 is 24.2 Å². The predicted octanol–water partition coefficient (Wildman–Crippen LogP) is 5.99. The average molecular weight is 791 g/mol. The zero-order valence-corrected chi connectivity index (χ0v) is 32.5. The van der Waals surface area contributed by atoms with E-state index in [4.69, 9.17) is 18.9 Å². The van der Waals surface area contributed by atoms with Gasteiger partial charge in [0.1, 0.15) is 35.5 Å². The summed E-state index contributed by atoms with van der Waals surface area (Å²) in [5.41, 5.74) is 3.40. The third-order valence-corrected chi connectivity index (χ3v) is 10.9. The summed E-state index contributed by atoms with van der Waals surface area (Å²) in [4.78, 5) is 42.9. The number of aliphatic hydroxyl groups is 1. The number of nitrogens with one attached hydrogen (secondary N) is 3. The minimum absolute atomic E-state index is 0.0610. The average Bonchev–Trinajstić information content (AvgIpc) is 3.25. The highest BCUT2D eigenvalue weighted by atomic mass is 16.6. The Morgan fingerprint density at radius 2 is 1.74 bits per heavy atom. The van der Waals surface area contributed by atoms with Gasteiger partial charge in [0.05, 0.1) is 31.4 Å². The van der Waals surface area contributed by atoms with Gasteiger partial charge in [-0.15, -0.1) is 0 Å². The summed E-state index contributed by atoms with van der Waals surface area (Å²) < 4.78 is 23.2. The van der Waals surface area contributed by atoms with Crippen molar-refractivity contribution in [2.45, 2.75) is 50.5 Å². The minimum Gasteiger partial charge on any atom is -0.506 e. The molecule has 0 saturated carbocycles. The Labute approximate surface area is 336 Å². The molecule has 0 spiro atoms. The highest BCUT2D eigenvalue weighted by molar-refractivity contribution is 5.92. The Bertz CT molecular complexity index is 2240. The molecule has 5 aromatic rings. The summed E-state index contributed by atoms with van der Waals surface area (Å²) in [6.45, 7) is 4.19. The molecule has 304 valence electrons. The van der Waals surface area contributed by atoms with Crippen molar-refractivity contribution >= 4 is 23.0 Å². The van der Waals surface area contributed by atoms with E-state index in [-0.39, 0.29) is 42.7 Å². The maximum Gasteiger partial charge on any atom is 0.408 e. The highest BCUT2D eigenvalue weighted by Crippen LogP contribution is 2.32. The highest BCUT2D eigenvalue weighted by Gasteiger charge is 2.37. The number of aromatic nitrogens is 1. The zero-order valence-electron chi connectivity index (χ0n) is 32.5. The number of phenols is 1. The Balaban J connectivity index is 0.878. The van der Waals surface area contributed by atoms with Gasteiger partial charge in [-0.1, -0.05) is 54.6 Å². The molecule has 8 rings (SSSR count). The number of alkyl carbamates (subject to hydrolysis) is 1. The predicted molar refractivity (Wildman–Crippen MR) is 218 cm³/mol. The van der Waals surface area contributed by atoms with Gasteiger partial charge in [-0.2, -0.15) is 0 Å². The van der Waals surface area contributed by atoms with Crippen LogP contribution in [0.1, 0.15) is 70.4 Å². The van der Waals surface area contributed by atoms with Crippen LogP contribution in [0.3, 0.4) is 0 Å². The summed E-state index contributed by atoms with van der Waals surface area (Å²) in [5, 5.41) is 27.7. The number of carbonyl (C=O) groups excluding carboxylic acids is 2. The van der Waals surface area contributed by atoms with Gasteiger partial charge in [0, 0.05) is 24.5 Å². The van der Waals surface area contributed by atoms with Crippen LogP contribution in [0.25, 0.3) is 10.9 Å². The Morgan fingerprint density at radius 3 is 2.52 bits per heavy atom. The smallest absolute Gasteiger partial charge is 0.408 e. The molecule has 5 N–H and O–H groups in total. The van der Waals surface area contributed by atoms with Crippen molar-refractivity contribution in [1.29, 1.82) is 0 Å². The molecule has 58 heavy (non-hydrogen) atoms. The summed E-state index contributed by atoms with van der Waals surface area (Å²) in [7, 11) is 1.50. The summed E-state index contributed by atoms with van der Waals surface area (Å²) in [6, 6.07) is 28.2. The molecule has 0 aliphatic carbocycles. The number of unbranched alkanes of at least 4 members (excludes halogenated alkanes) is 1. The molecule has 3 fully saturated rings. The number of H-pyrrole nitrogens is 1. The molecule has 13 heteroatoms. The van der Waals surface area contributed by atoms with Crippen LogP contribution in [-0.2, 0) is 16.1 Å². The summed E-state index contributed by atoms with van der Waals surface area (Å²) in [5.74, 6) is 0.838. The van der Waals surface area contributed by atoms with Gasteiger partial charge >= 0.3 is 12.1 Å². The van der Waals surface area contributed by atoms with Crippen LogP contribution in [0.2, 0.25) is 0 Å². The number of ether oxygens (including phenoxy) is 4. The molecule has 3 aliphatic heterocycles. The first-order valence-electron chi connectivity index (χ1n) is 19.8. The van der Waals surface area contributed by atoms with E-state index in [0.717, 1.165) is 49.2 Å². The first-order valence-corrected chi connectivity index (χ1v) is 19.8. The lowest BCUT2D eigenvalue weighted by Crippen LogP contribution is -2.52. The zero-order chi connectivity index (χ0) is 40.4. The van der Waals surface area contributed by atoms with Crippen LogP contribution in [0.15, 0.2) is 102 Å². The Kier molecular flexibility index (Phi) is 13.2. The van der Waals surface area contributed by atoms with E-state index in [1.807, 2.05) is 54.6 Å². The third-order valence-electron chi connectivity index (χ3n) is 10.9. The number of piperidine rings is 3. The number of esters is 1. The number of aromatic hydroxyl groups is 1. The van der Waals surface area contributed by atoms with Gasteiger partial charge in [0.25, 0.3) is 0 Å². The normalized spacial score (nSPS) is 18.3. The lowest BCUT2D eigenvalue weighted by molar-refractivity contribution is -0.0336. The van der Waals surface area contributed by atoms with Crippen molar-refractivity contribution < 1.29 is 38.7 Å².